The summed E-state index contributed by atoms with van der Waals surface area (Å²) in [5.74, 6) is -0.923. The van der Waals surface area contributed by atoms with Crippen LogP contribution in [0.4, 0.5) is 0 Å². The van der Waals surface area contributed by atoms with Gasteiger partial charge in [0, 0.05) is 13.8 Å². The third-order valence-electron chi connectivity index (χ3n) is 5.87. The molecule has 242 valence electrons. The van der Waals surface area contributed by atoms with Crippen molar-refractivity contribution < 1.29 is 85.1 Å². The van der Waals surface area contributed by atoms with E-state index in [2.05, 4.69) is 10.6 Å². The zero-order chi connectivity index (χ0) is 32.2. The van der Waals surface area contributed by atoms with Gasteiger partial charge in [-0.15, -0.1) is 0 Å². The van der Waals surface area contributed by atoms with E-state index in [9.17, 15) is 45.0 Å². The predicted molar refractivity (Wildman–Crippen MR) is 131 cm³/mol. The number of hydrogen-bond donors (Lipinski definition) is 14. The lowest BCUT2D eigenvalue weighted by atomic mass is 9.97. The van der Waals surface area contributed by atoms with E-state index in [1.54, 1.807) is 0 Å². The number of amides is 2. The second kappa shape index (κ2) is 18.6. The molecule has 14 atom stereocenters. The zero-order valence-corrected chi connectivity index (χ0v) is 22.5. The van der Waals surface area contributed by atoms with Crippen molar-refractivity contribution >= 4 is 18.1 Å². The van der Waals surface area contributed by atoms with E-state index in [1.165, 1.54) is 20.8 Å². The molecule has 0 spiro atoms. The highest BCUT2D eigenvalue weighted by Gasteiger charge is 2.45. The van der Waals surface area contributed by atoms with E-state index in [-0.39, 0.29) is 6.29 Å². The summed E-state index contributed by atoms with van der Waals surface area (Å²) in [4.78, 5) is 31.4. The highest BCUT2D eigenvalue weighted by atomic mass is 16.6. The Hall–Kier alpha value is -1.95. The number of nitrogens with one attached hydrogen (secondary N) is 2. The molecule has 0 saturated carbocycles. The fourth-order valence-electron chi connectivity index (χ4n) is 3.54. The van der Waals surface area contributed by atoms with E-state index >= 15 is 0 Å². The summed E-state index contributed by atoms with van der Waals surface area (Å²) in [7, 11) is 0. The molecule has 0 aromatic carbocycles. The molecular weight excluding hydrogens is 564 g/mol. The monoisotopic (exact) mass is 606 g/mol. The van der Waals surface area contributed by atoms with Crippen LogP contribution in [0.15, 0.2) is 0 Å². The van der Waals surface area contributed by atoms with Crippen LogP contribution < -0.4 is 10.6 Å². The number of aldehydes is 1. The van der Waals surface area contributed by atoms with Crippen LogP contribution in [0.3, 0.4) is 0 Å². The third kappa shape index (κ3) is 12.1. The van der Waals surface area contributed by atoms with Crippen LogP contribution in [0.5, 0.6) is 0 Å². The van der Waals surface area contributed by atoms with Crippen molar-refractivity contribution in [1.82, 2.24) is 10.6 Å². The van der Waals surface area contributed by atoms with Crippen LogP contribution in [-0.2, 0) is 23.9 Å². The van der Waals surface area contributed by atoms with Crippen LogP contribution in [0.1, 0.15) is 20.8 Å². The molecule has 2 amide bonds. The smallest absolute Gasteiger partial charge is 0.217 e. The van der Waals surface area contributed by atoms with Crippen LogP contribution in [0, 0.1) is 0 Å². The first-order valence-electron chi connectivity index (χ1n) is 12.3. The topological polar surface area (TPSA) is 336 Å². The van der Waals surface area contributed by atoms with Gasteiger partial charge in [-0.2, -0.15) is 0 Å². The molecule has 0 radical (unpaired) electrons. The van der Waals surface area contributed by atoms with Crippen molar-refractivity contribution in [2.24, 2.45) is 0 Å². The Morgan fingerprint density at radius 3 is 1.29 bits per heavy atom. The van der Waals surface area contributed by atoms with Gasteiger partial charge >= 0.3 is 0 Å². The highest BCUT2D eigenvalue weighted by molar-refractivity contribution is 5.73. The first-order chi connectivity index (χ1) is 18.9. The maximum Gasteiger partial charge on any atom is 0.217 e. The maximum atomic E-state index is 10.7. The van der Waals surface area contributed by atoms with Gasteiger partial charge in [0.15, 0.2) is 18.9 Å². The first kappa shape index (κ1) is 39.0. The lowest BCUT2D eigenvalue weighted by Crippen LogP contribution is -2.63. The molecule has 2 rings (SSSR count). The minimum Gasteiger partial charge on any atom is -0.394 e. The summed E-state index contributed by atoms with van der Waals surface area (Å²) < 4.78 is 9.62. The largest absolute Gasteiger partial charge is 0.394 e. The Morgan fingerprint density at radius 1 is 0.707 bits per heavy atom. The van der Waals surface area contributed by atoms with E-state index in [1.807, 2.05) is 0 Å². The Balaban J connectivity index is 0.000000595. The number of carbonyl (C=O) groups is 3. The van der Waals surface area contributed by atoms with E-state index < -0.39 is 111 Å². The van der Waals surface area contributed by atoms with Crippen LogP contribution in [0.2, 0.25) is 0 Å². The molecule has 0 aromatic heterocycles. The summed E-state index contributed by atoms with van der Waals surface area (Å²) in [6.07, 6.45) is -16.4. The van der Waals surface area contributed by atoms with Crippen molar-refractivity contribution in [2.45, 2.75) is 106 Å². The normalized spacial score (nSPS) is 36.1. The third-order valence-corrected chi connectivity index (χ3v) is 5.87. The molecule has 0 aliphatic carbocycles. The van der Waals surface area contributed by atoms with E-state index in [0.717, 1.165) is 0 Å². The zero-order valence-electron chi connectivity index (χ0n) is 22.5. The molecule has 0 bridgehead atoms. The number of aliphatic hydroxyl groups excluding tert-OH is 12. The molecule has 14 N–H and O–H groups in total. The fraction of sp³-hybridized carbons (Fsp3) is 0.864. The minimum atomic E-state index is -1.65. The summed E-state index contributed by atoms with van der Waals surface area (Å²) in [6, 6.07) is -2.19. The van der Waals surface area contributed by atoms with Crippen molar-refractivity contribution in [3.63, 3.8) is 0 Å². The molecule has 19 nitrogen and oxygen atoms in total. The van der Waals surface area contributed by atoms with E-state index in [0.29, 0.717) is 0 Å². The number of rotatable bonds is 8. The Bertz CT molecular complexity index is 743. The van der Waals surface area contributed by atoms with Crippen LogP contribution in [0.25, 0.3) is 0 Å². The second-order valence-corrected chi connectivity index (χ2v) is 9.26. The summed E-state index contributed by atoms with van der Waals surface area (Å²) in [6.45, 7) is 2.61. The SMILES string of the molecule is CC(=O)N[C@H]1C(O)O[C@H](CO)[C@@H](O)[C@@H]1O.CC(=O)N[C@H]1C(O)O[C@H](CO)[C@H](O)[C@@H]1O.C[C@H](O)[C@@H](O)[C@@H](O)[C@H](O)C=O. The summed E-state index contributed by atoms with van der Waals surface area (Å²) >= 11 is 0. The van der Waals surface area contributed by atoms with Crippen LogP contribution in [-0.4, -0.2) is 178 Å². The van der Waals surface area contributed by atoms with Crippen molar-refractivity contribution in [3.05, 3.63) is 0 Å². The van der Waals surface area contributed by atoms with Crippen LogP contribution >= 0.6 is 0 Å². The average Bonchev–Trinajstić information content (AvgIpc) is 2.92. The number of carbonyl (C=O) groups excluding carboxylic acids is 3. The van der Waals surface area contributed by atoms with E-state index in [4.69, 9.17) is 40.1 Å². The molecule has 2 heterocycles. The van der Waals surface area contributed by atoms with Crippen molar-refractivity contribution in [3.8, 4) is 0 Å². The number of aliphatic hydroxyl groups is 12. The van der Waals surface area contributed by atoms with Gasteiger partial charge in [0.05, 0.1) is 19.3 Å². The average molecular weight is 607 g/mol. The summed E-state index contributed by atoms with van der Waals surface area (Å²) in [5.41, 5.74) is 0. The van der Waals surface area contributed by atoms with Crippen molar-refractivity contribution in [2.75, 3.05) is 13.2 Å². The number of ether oxygens (including phenoxy) is 2. The highest BCUT2D eigenvalue weighted by Crippen LogP contribution is 2.20. The lowest BCUT2D eigenvalue weighted by molar-refractivity contribution is -0.253. The molecular formula is C22H42N2O17. The predicted octanol–water partition coefficient (Wildman–Crippen LogP) is -8.51. The molecule has 2 aliphatic heterocycles. The standard InChI is InChI=1S/2C8H15NO6.C6H12O5/c2*1-3(11)9-5-7(13)6(12)4(2-10)15-8(5)14;1-3(8)5(10)6(11)4(9)2-7/h2*4-8,10,12-14H,2H2,1H3,(H,9,11);2-6,8-11H,1H3/t4-,5-,6+,7-,8?;4-,5-,6-,7-,8?;3-,4+,5+,6-/m110/s1. The van der Waals surface area contributed by atoms with Gasteiger partial charge in [-0.1, -0.05) is 0 Å². The molecule has 2 fully saturated rings. The quantitative estimate of drug-likeness (QED) is 0.114. The fourth-order valence-corrected chi connectivity index (χ4v) is 3.54. The van der Waals surface area contributed by atoms with Gasteiger partial charge in [-0.05, 0) is 6.92 Å². The second-order valence-electron chi connectivity index (χ2n) is 9.26. The molecule has 2 saturated heterocycles. The van der Waals surface area contributed by atoms with Crippen molar-refractivity contribution in [1.29, 1.82) is 0 Å². The first-order valence-corrected chi connectivity index (χ1v) is 12.3. The van der Waals surface area contributed by atoms with Gasteiger partial charge in [0.25, 0.3) is 0 Å². The van der Waals surface area contributed by atoms with Gasteiger partial charge in [0.1, 0.15) is 67.0 Å². The molecule has 19 heteroatoms. The van der Waals surface area contributed by atoms with Gasteiger partial charge in [-0.3, -0.25) is 9.59 Å². The Labute approximate surface area is 234 Å². The molecule has 41 heavy (non-hydrogen) atoms. The maximum absolute atomic E-state index is 10.7. The molecule has 2 unspecified atom stereocenters. The molecule has 0 aromatic rings. The Morgan fingerprint density at radius 2 is 1.05 bits per heavy atom. The van der Waals surface area contributed by atoms with Gasteiger partial charge < -0.3 is 86.2 Å². The summed E-state index contributed by atoms with van der Waals surface area (Å²) in [5, 5.41) is 114. The minimum absolute atomic E-state index is 0.0935. The Kier molecular flexibility index (Phi) is 17.7. The molecule has 2 aliphatic rings. The lowest BCUT2D eigenvalue weighted by Gasteiger charge is -2.40. The van der Waals surface area contributed by atoms with Gasteiger partial charge in [-0.25, -0.2) is 0 Å². The van der Waals surface area contributed by atoms with Gasteiger partial charge in [0.2, 0.25) is 11.8 Å². The number of hydrogen-bond acceptors (Lipinski definition) is 17.